The lowest BCUT2D eigenvalue weighted by Gasteiger charge is -2.19. The summed E-state index contributed by atoms with van der Waals surface area (Å²) in [6.07, 6.45) is 8.51. The van der Waals surface area contributed by atoms with Crippen LogP contribution in [0.2, 0.25) is 0 Å². The van der Waals surface area contributed by atoms with Crippen LogP contribution in [0.3, 0.4) is 0 Å². The highest BCUT2D eigenvalue weighted by molar-refractivity contribution is 5.78. The van der Waals surface area contributed by atoms with Gasteiger partial charge in [0.1, 0.15) is 0 Å². The summed E-state index contributed by atoms with van der Waals surface area (Å²) in [5.41, 5.74) is 3.19. The van der Waals surface area contributed by atoms with Crippen molar-refractivity contribution in [1.29, 1.82) is 0 Å². The van der Waals surface area contributed by atoms with E-state index in [0.29, 0.717) is 12.1 Å². The van der Waals surface area contributed by atoms with Crippen molar-refractivity contribution < 1.29 is 4.74 Å². The highest BCUT2D eigenvalue weighted by Crippen LogP contribution is 2.27. The Labute approximate surface area is 119 Å². The van der Waals surface area contributed by atoms with Crippen molar-refractivity contribution in [2.24, 2.45) is 0 Å². The Balaban J connectivity index is 1.79. The normalized spacial score (nSPS) is 20.4. The number of aromatic nitrogens is 2. The number of nitrogens with zero attached hydrogens (tertiary/aromatic N) is 2. The molecule has 2 aromatic rings. The minimum atomic E-state index is 0.305. The maximum absolute atomic E-state index is 5.72. The number of para-hydroxylation sites is 1. The van der Waals surface area contributed by atoms with Crippen LogP contribution in [0.1, 0.15) is 37.3 Å². The van der Waals surface area contributed by atoms with Gasteiger partial charge < -0.3 is 10.1 Å². The van der Waals surface area contributed by atoms with Gasteiger partial charge in [-0.2, -0.15) is 0 Å². The third kappa shape index (κ3) is 2.81. The fourth-order valence-corrected chi connectivity index (χ4v) is 2.98. The Kier molecular flexibility index (Phi) is 4.23. The molecule has 1 aliphatic rings. The average Bonchev–Trinajstić information content (AvgIpc) is 3.01. The number of hydrogen-bond acceptors (Lipinski definition) is 4. The van der Waals surface area contributed by atoms with E-state index < -0.39 is 0 Å². The van der Waals surface area contributed by atoms with E-state index in [0.717, 1.165) is 30.5 Å². The van der Waals surface area contributed by atoms with Crippen molar-refractivity contribution in [3.05, 3.63) is 36.2 Å². The van der Waals surface area contributed by atoms with Gasteiger partial charge in [0.2, 0.25) is 0 Å². The SMILES string of the molecule is CNC(CCC1CCCO1)c1cccc2nccnc12. The lowest BCUT2D eigenvalue weighted by molar-refractivity contribution is 0.0999. The highest BCUT2D eigenvalue weighted by atomic mass is 16.5. The van der Waals surface area contributed by atoms with Gasteiger partial charge in [0, 0.05) is 25.0 Å². The molecule has 1 aromatic carbocycles. The van der Waals surface area contributed by atoms with Gasteiger partial charge in [-0.25, -0.2) is 0 Å². The van der Waals surface area contributed by atoms with E-state index in [2.05, 4.69) is 27.4 Å². The van der Waals surface area contributed by atoms with Crippen molar-refractivity contribution in [3.63, 3.8) is 0 Å². The molecule has 0 radical (unpaired) electrons. The molecule has 0 spiro atoms. The molecule has 1 fully saturated rings. The molecule has 1 aliphatic heterocycles. The first-order chi connectivity index (χ1) is 9.88. The molecule has 0 bridgehead atoms. The number of hydrogen-bond donors (Lipinski definition) is 1. The molecule has 1 aromatic heterocycles. The van der Waals surface area contributed by atoms with E-state index in [9.17, 15) is 0 Å². The van der Waals surface area contributed by atoms with Crippen LogP contribution in [0.15, 0.2) is 30.6 Å². The first kappa shape index (κ1) is 13.5. The van der Waals surface area contributed by atoms with Crippen molar-refractivity contribution >= 4 is 11.0 Å². The van der Waals surface area contributed by atoms with Crippen LogP contribution in [0.25, 0.3) is 11.0 Å². The van der Waals surface area contributed by atoms with Gasteiger partial charge in [-0.3, -0.25) is 9.97 Å². The van der Waals surface area contributed by atoms with Gasteiger partial charge in [0.25, 0.3) is 0 Å². The van der Waals surface area contributed by atoms with Gasteiger partial charge in [-0.05, 0) is 44.4 Å². The van der Waals surface area contributed by atoms with E-state index in [4.69, 9.17) is 4.74 Å². The summed E-state index contributed by atoms with van der Waals surface area (Å²) in [5.74, 6) is 0. The molecule has 2 unspecified atom stereocenters. The number of rotatable bonds is 5. The fourth-order valence-electron chi connectivity index (χ4n) is 2.98. The summed E-state index contributed by atoms with van der Waals surface area (Å²) < 4.78 is 5.72. The molecular weight excluding hydrogens is 250 g/mol. The molecule has 0 saturated carbocycles. The topological polar surface area (TPSA) is 47.0 Å². The molecule has 3 rings (SSSR count). The first-order valence-corrected chi connectivity index (χ1v) is 7.37. The van der Waals surface area contributed by atoms with E-state index >= 15 is 0 Å². The van der Waals surface area contributed by atoms with Crippen molar-refractivity contribution in [2.45, 2.75) is 37.8 Å². The first-order valence-electron chi connectivity index (χ1n) is 7.37. The molecule has 106 valence electrons. The van der Waals surface area contributed by atoms with E-state index in [1.165, 1.54) is 18.4 Å². The standard InChI is InChI=1S/C16H21N3O/c1-17-14(8-7-12-4-3-11-20-12)13-5-2-6-15-16(13)19-10-9-18-15/h2,5-6,9-10,12,14,17H,3-4,7-8,11H2,1H3. The zero-order chi connectivity index (χ0) is 13.8. The number of nitrogens with one attached hydrogen (secondary N) is 1. The highest BCUT2D eigenvalue weighted by Gasteiger charge is 2.19. The monoisotopic (exact) mass is 271 g/mol. The minimum absolute atomic E-state index is 0.305. The zero-order valence-corrected chi connectivity index (χ0v) is 11.9. The molecule has 4 heteroatoms. The summed E-state index contributed by atoms with van der Waals surface area (Å²) >= 11 is 0. The maximum atomic E-state index is 5.72. The number of ether oxygens (including phenoxy) is 1. The zero-order valence-electron chi connectivity index (χ0n) is 11.9. The molecule has 2 heterocycles. The van der Waals surface area contributed by atoms with Crippen LogP contribution in [-0.4, -0.2) is 29.7 Å². The second-order valence-electron chi connectivity index (χ2n) is 5.32. The fraction of sp³-hybridized carbons (Fsp3) is 0.500. The van der Waals surface area contributed by atoms with Crippen LogP contribution in [0.5, 0.6) is 0 Å². The molecule has 20 heavy (non-hydrogen) atoms. The van der Waals surface area contributed by atoms with Crippen LogP contribution in [-0.2, 0) is 4.74 Å². The molecule has 0 amide bonds. The largest absolute Gasteiger partial charge is 0.378 e. The Morgan fingerprint density at radius 1 is 1.35 bits per heavy atom. The molecule has 0 aliphatic carbocycles. The quantitative estimate of drug-likeness (QED) is 0.908. The van der Waals surface area contributed by atoms with E-state index in [-0.39, 0.29) is 0 Å². The number of fused-ring (bicyclic) bond motifs is 1. The second-order valence-corrected chi connectivity index (χ2v) is 5.32. The summed E-state index contributed by atoms with van der Waals surface area (Å²) in [6, 6.07) is 6.52. The van der Waals surface area contributed by atoms with E-state index in [1.807, 2.05) is 13.1 Å². The maximum Gasteiger partial charge on any atom is 0.0934 e. The number of benzene rings is 1. The van der Waals surface area contributed by atoms with Crippen molar-refractivity contribution in [2.75, 3.05) is 13.7 Å². The Morgan fingerprint density at radius 3 is 3.05 bits per heavy atom. The van der Waals surface area contributed by atoms with Crippen LogP contribution < -0.4 is 5.32 Å². The van der Waals surface area contributed by atoms with Gasteiger partial charge in [-0.1, -0.05) is 12.1 Å². The van der Waals surface area contributed by atoms with E-state index in [1.54, 1.807) is 12.4 Å². The summed E-state index contributed by atoms with van der Waals surface area (Å²) in [6.45, 7) is 0.925. The third-order valence-electron chi connectivity index (χ3n) is 4.06. The van der Waals surface area contributed by atoms with Crippen LogP contribution in [0, 0.1) is 0 Å². The van der Waals surface area contributed by atoms with Gasteiger partial charge in [-0.15, -0.1) is 0 Å². The van der Waals surface area contributed by atoms with Gasteiger partial charge in [0.05, 0.1) is 17.1 Å². The molecule has 1 saturated heterocycles. The van der Waals surface area contributed by atoms with Gasteiger partial charge in [0.15, 0.2) is 0 Å². The lowest BCUT2D eigenvalue weighted by atomic mass is 9.98. The Bertz CT molecular complexity index is 561. The predicted octanol–water partition coefficient (Wildman–Crippen LogP) is 2.85. The molecular formula is C16H21N3O. The molecule has 2 atom stereocenters. The molecule has 4 nitrogen and oxygen atoms in total. The lowest BCUT2D eigenvalue weighted by Crippen LogP contribution is -2.19. The summed E-state index contributed by atoms with van der Waals surface area (Å²) in [5, 5.41) is 3.41. The van der Waals surface area contributed by atoms with Crippen molar-refractivity contribution in [3.8, 4) is 0 Å². The minimum Gasteiger partial charge on any atom is -0.378 e. The Hall–Kier alpha value is -1.52. The average molecular weight is 271 g/mol. The van der Waals surface area contributed by atoms with Crippen LogP contribution >= 0.6 is 0 Å². The Morgan fingerprint density at radius 2 is 2.25 bits per heavy atom. The third-order valence-corrected chi connectivity index (χ3v) is 4.06. The predicted molar refractivity (Wildman–Crippen MR) is 79.5 cm³/mol. The summed E-state index contributed by atoms with van der Waals surface area (Å²) in [4.78, 5) is 8.88. The molecule has 1 N–H and O–H groups in total. The summed E-state index contributed by atoms with van der Waals surface area (Å²) in [7, 11) is 2.01. The second kappa shape index (κ2) is 6.29. The van der Waals surface area contributed by atoms with Crippen molar-refractivity contribution in [1.82, 2.24) is 15.3 Å². The van der Waals surface area contributed by atoms with Crippen LogP contribution in [0.4, 0.5) is 0 Å². The van der Waals surface area contributed by atoms with Gasteiger partial charge >= 0.3 is 0 Å². The smallest absolute Gasteiger partial charge is 0.0934 e.